The van der Waals surface area contributed by atoms with Gasteiger partial charge in [0.25, 0.3) is 5.91 Å². The Morgan fingerprint density at radius 1 is 1.00 bits per heavy atom. The predicted molar refractivity (Wildman–Crippen MR) is 83.4 cm³/mol. The van der Waals surface area contributed by atoms with Crippen LogP contribution in [0.2, 0.25) is 0 Å². The van der Waals surface area contributed by atoms with Gasteiger partial charge in [-0.2, -0.15) is 0 Å². The number of hydrogen-bond acceptors (Lipinski definition) is 2. The molecule has 20 heavy (non-hydrogen) atoms. The van der Waals surface area contributed by atoms with E-state index in [1.54, 1.807) is 48.5 Å². The summed E-state index contributed by atoms with van der Waals surface area (Å²) in [5.74, 6) is -1.48. The van der Waals surface area contributed by atoms with E-state index in [0.717, 1.165) is 3.57 Å². The van der Waals surface area contributed by atoms with Crippen molar-refractivity contribution in [1.29, 1.82) is 0 Å². The quantitative estimate of drug-likeness (QED) is 0.801. The molecule has 0 aliphatic carbocycles. The molecule has 5 heteroatoms. The SMILES string of the molecule is O=C(N[C@H](C(=O)O)c1ccccc1)c1ccccc1I. The van der Waals surface area contributed by atoms with Crippen LogP contribution in [0.4, 0.5) is 0 Å². The summed E-state index contributed by atoms with van der Waals surface area (Å²) in [5.41, 5.74) is 1.01. The van der Waals surface area contributed by atoms with Crippen LogP contribution in [-0.4, -0.2) is 17.0 Å². The van der Waals surface area contributed by atoms with Gasteiger partial charge in [-0.05, 0) is 40.3 Å². The number of rotatable bonds is 4. The van der Waals surface area contributed by atoms with Gasteiger partial charge in [0.15, 0.2) is 6.04 Å². The van der Waals surface area contributed by atoms with Crippen LogP contribution in [0.5, 0.6) is 0 Å². The Labute approximate surface area is 130 Å². The standard InChI is InChI=1S/C15H12INO3/c16-12-9-5-4-8-11(12)14(18)17-13(15(19)20)10-6-2-1-3-7-10/h1-9,13H,(H,17,18)(H,19,20)/t13-/m0/s1. The normalized spacial score (nSPS) is 11.7. The summed E-state index contributed by atoms with van der Waals surface area (Å²) >= 11 is 2.05. The number of benzene rings is 2. The van der Waals surface area contributed by atoms with Gasteiger partial charge in [0.05, 0.1) is 5.56 Å². The highest BCUT2D eigenvalue weighted by molar-refractivity contribution is 14.1. The van der Waals surface area contributed by atoms with Crippen molar-refractivity contribution < 1.29 is 14.7 Å². The van der Waals surface area contributed by atoms with Gasteiger partial charge < -0.3 is 10.4 Å². The third-order valence-corrected chi connectivity index (χ3v) is 3.71. The highest BCUT2D eigenvalue weighted by atomic mass is 127. The predicted octanol–water partition coefficient (Wildman–Crippen LogP) is 2.85. The van der Waals surface area contributed by atoms with Crippen molar-refractivity contribution in [3.8, 4) is 0 Å². The number of amides is 1. The lowest BCUT2D eigenvalue weighted by atomic mass is 10.1. The van der Waals surface area contributed by atoms with E-state index >= 15 is 0 Å². The summed E-state index contributed by atoms with van der Waals surface area (Å²) in [7, 11) is 0. The van der Waals surface area contributed by atoms with Gasteiger partial charge in [-0.25, -0.2) is 4.79 Å². The third kappa shape index (κ3) is 3.36. The summed E-state index contributed by atoms with van der Waals surface area (Å²) in [6, 6.07) is 14.6. The number of carboxylic acids is 1. The van der Waals surface area contributed by atoms with Crippen molar-refractivity contribution in [2.45, 2.75) is 6.04 Å². The first kappa shape index (κ1) is 14.5. The Bertz CT molecular complexity index is 628. The molecule has 0 saturated carbocycles. The smallest absolute Gasteiger partial charge is 0.330 e. The van der Waals surface area contributed by atoms with Crippen molar-refractivity contribution in [1.82, 2.24) is 5.32 Å². The summed E-state index contributed by atoms with van der Waals surface area (Å²) in [6.07, 6.45) is 0. The van der Waals surface area contributed by atoms with Crippen LogP contribution in [-0.2, 0) is 4.79 Å². The highest BCUT2D eigenvalue weighted by Crippen LogP contribution is 2.16. The second-order valence-corrected chi connectivity index (χ2v) is 5.30. The molecule has 0 bridgehead atoms. The van der Waals surface area contributed by atoms with Crippen LogP contribution in [0.15, 0.2) is 54.6 Å². The average molecular weight is 381 g/mol. The van der Waals surface area contributed by atoms with Gasteiger partial charge in [-0.15, -0.1) is 0 Å². The van der Waals surface area contributed by atoms with Gasteiger partial charge in [0.2, 0.25) is 0 Å². The number of carbonyl (C=O) groups excluding carboxylic acids is 1. The van der Waals surface area contributed by atoms with Crippen molar-refractivity contribution in [2.75, 3.05) is 0 Å². The molecule has 1 atom stereocenters. The maximum atomic E-state index is 12.2. The van der Waals surface area contributed by atoms with Gasteiger partial charge in [-0.1, -0.05) is 42.5 Å². The van der Waals surface area contributed by atoms with Crippen molar-refractivity contribution >= 4 is 34.5 Å². The highest BCUT2D eigenvalue weighted by Gasteiger charge is 2.23. The Morgan fingerprint density at radius 2 is 1.60 bits per heavy atom. The van der Waals surface area contributed by atoms with E-state index in [2.05, 4.69) is 5.32 Å². The Kier molecular flexibility index (Phi) is 4.73. The van der Waals surface area contributed by atoms with Crippen molar-refractivity contribution in [3.05, 3.63) is 69.3 Å². The van der Waals surface area contributed by atoms with Gasteiger partial charge in [0, 0.05) is 3.57 Å². The van der Waals surface area contributed by atoms with E-state index in [0.29, 0.717) is 11.1 Å². The minimum atomic E-state index is -1.09. The molecular weight excluding hydrogens is 369 g/mol. The largest absolute Gasteiger partial charge is 0.479 e. The van der Waals surface area contributed by atoms with E-state index in [4.69, 9.17) is 0 Å². The first-order valence-electron chi connectivity index (χ1n) is 5.92. The second kappa shape index (κ2) is 6.51. The van der Waals surface area contributed by atoms with Crippen LogP contribution in [0.3, 0.4) is 0 Å². The van der Waals surface area contributed by atoms with Crippen LogP contribution in [0.1, 0.15) is 22.0 Å². The van der Waals surface area contributed by atoms with E-state index in [1.807, 2.05) is 28.7 Å². The van der Waals surface area contributed by atoms with Gasteiger partial charge in [0.1, 0.15) is 0 Å². The van der Waals surface area contributed by atoms with Crippen LogP contribution < -0.4 is 5.32 Å². The fourth-order valence-corrected chi connectivity index (χ4v) is 2.42. The topological polar surface area (TPSA) is 66.4 Å². The molecule has 0 fully saturated rings. The lowest BCUT2D eigenvalue weighted by Gasteiger charge is -2.15. The lowest BCUT2D eigenvalue weighted by molar-refractivity contribution is -0.139. The zero-order valence-electron chi connectivity index (χ0n) is 10.4. The molecule has 2 N–H and O–H groups in total. The van der Waals surface area contributed by atoms with Crippen molar-refractivity contribution in [3.63, 3.8) is 0 Å². The average Bonchev–Trinajstić information content (AvgIpc) is 2.45. The van der Waals surface area contributed by atoms with Crippen LogP contribution in [0.25, 0.3) is 0 Å². The first-order valence-corrected chi connectivity index (χ1v) is 7.00. The molecule has 2 aromatic carbocycles. The molecule has 0 aromatic heterocycles. The zero-order chi connectivity index (χ0) is 14.5. The van der Waals surface area contributed by atoms with Gasteiger partial charge in [-0.3, -0.25) is 4.79 Å². The maximum absolute atomic E-state index is 12.2. The molecule has 2 rings (SSSR count). The third-order valence-electron chi connectivity index (χ3n) is 2.77. The minimum Gasteiger partial charge on any atom is -0.479 e. The van der Waals surface area contributed by atoms with E-state index in [1.165, 1.54) is 0 Å². The molecule has 0 saturated heterocycles. The Morgan fingerprint density at radius 3 is 2.20 bits per heavy atom. The lowest BCUT2D eigenvalue weighted by Crippen LogP contribution is -2.34. The molecule has 0 aliphatic heterocycles. The summed E-state index contributed by atoms with van der Waals surface area (Å²) < 4.78 is 0.778. The molecule has 102 valence electrons. The second-order valence-electron chi connectivity index (χ2n) is 4.14. The molecule has 0 heterocycles. The Hall–Kier alpha value is -1.89. The van der Waals surface area contributed by atoms with E-state index < -0.39 is 17.9 Å². The molecular formula is C15H12INO3. The number of hydrogen-bond donors (Lipinski definition) is 2. The van der Waals surface area contributed by atoms with E-state index in [-0.39, 0.29) is 0 Å². The van der Waals surface area contributed by atoms with Crippen LogP contribution >= 0.6 is 22.6 Å². The van der Waals surface area contributed by atoms with Crippen LogP contribution in [0, 0.1) is 3.57 Å². The maximum Gasteiger partial charge on any atom is 0.330 e. The molecule has 0 unspecified atom stereocenters. The molecule has 0 radical (unpaired) electrons. The molecule has 0 spiro atoms. The van der Waals surface area contributed by atoms with Crippen molar-refractivity contribution in [2.24, 2.45) is 0 Å². The fraction of sp³-hybridized carbons (Fsp3) is 0.0667. The fourth-order valence-electron chi connectivity index (χ4n) is 1.79. The monoisotopic (exact) mass is 381 g/mol. The summed E-state index contributed by atoms with van der Waals surface area (Å²) in [4.78, 5) is 23.5. The zero-order valence-corrected chi connectivity index (χ0v) is 12.6. The number of halogens is 1. The number of nitrogens with one attached hydrogen (secondary N) is 1. The molecule has 1 amide bonds. The minimum absolute atomic E-state index is 0.397. The van der Waals surface area contributed by atoms with Gasteiger partial charge >= 0.3 is 5.97 Å². The molecule has 4 nitrogen and oxygen atoms in total. The first-order chi connectivity index (χ1) is 9.59. The molecule has 0 aliphatic rings. The summed E-state index contributed by atoms with van der Waals surface area (Å²) in [5, 5.41) is 11.8. The Balaban J connectivity index is 2.24. The molecule has 2 aromatic rings. The number of aliphatic carboxylic acids is 1. The number of carbonyl (C=O) groups is 2. The number of carboxylic acid groups (broad SMARTS) is 1. The summed E-state index contributed by atoms with van der Waals surface area (Å²) in [6.45, 7) is 0. The van der Waals surface area contributed by atoms with E-state index in [9.17, 15) is 14.7 Å².